The van der Waals surface area contributed by atoms with E-state index in [9.17, 15) is 9.90 Å². The third kappa shape index (κ3) is 3.47. The lowest BCUT2D eigenvalue weighted by Crippen LogP contribution is -2.49. The van der Waals surface area contributed by atoms with E-state index in [1.165, 1.54) is 32.9 Å². The van der Waals surface area contributed by atoms with Gasteiger partial charge in [-0.1, -0.05) is 25.2 Å². The fraction of sp³-hybridized carbons (Fsp3) is 0.259. The molecule has 32 heavy (non-hydrogen) atoms. The molecule has 0 unspecified atom stereocenters. The van der Waals surface area contributed by atoms with Gasteiger partial charge in [-0.3, -0.25) is 0 Å². The van der Waals surface area contributed by atoms with Crippen LogP contribution in [0, 0.1) is 6.92 Å². The van der Waals surface area contributed by atoms with Crippen LogP contribution in [0.4, 0.5) is 5.69 Å². The Hall–Kier alpha value is -3.18. The molecule has 4 nitrogen and oxygen atoms in total. The molecule has 0 fully saturated rings. The molecule has 0 amide bonds. The van der Waals surface area contributed by atoms with Crippen LogP contribution < -0.4 is 10.1 Å². The maximum atomic E-state index is 11.8. The average molecular weight is 444 g/mol. The van der Waals surface area contributed by atoms with Gasteiger partial charge in [-0.25, -0.2) is 9.37 Å². The number of aryl methyl sites for hydroxylation is 1. The highest BCUT2D eigenvalue weighted by atomic mass is 28.3. The van der Waals surface area contributed by atoms with Crippen molar-refractivity contribution in [2.45, 2.75) is 20.0 Å². The van der Waals surface area contributed by atoms with Gasteiger partial charge in [0.25, 0.3) is 0 Å². The lowest BCUT2D eigenvalue weighted by molar-refractivity contribution is -0.462. The van der Waals surface area contributed by atoms with E-state index in [-0.39, 0.29) is 0 Å². The fourth-order valence-corrected chi connectivity index (χ4v) is 7.77. The minimum absolute atomic E-state index is 0.318. The standard InChI is InChI=1S/C27H30N2O2Si/c1-17-8-9-18(27(30)31)14-23(17)26-21-12-10-19(28(2)3)15-24(21)32(6,7)25-16-20(29(4)5)11-13-22(25)26/h8-16H,1-7H3/p+1. The summed E-state index contributed by atoms with van der Waals surface area (Å²) in [5.41, 5.74) is 8.35. The average Bonchev–Trinajstić information content (AvgIpc) is 2.74. The van der Waals surface area contributed by atoms with Crippen molar-refractivity contribution < 1.29 is 14.5 Å². The number of carboxylic acid groups (broad SMARTS) is 1. The van der Waals surface area contributed by atoms with Gasteiger partial charge in [-0.15, -0.1) is 0 Å². The lowest BCUT2D eigenvalue weighted by atomic mass is 9.86. The summed E-state index contributed by atoms with van der Waals surface area (Å²) in [6, 6.07) is 12.2. The molecule has 1 aliphatic carbocycles. The van der Waals surface area contributed by atoms with Gasteiger partial charge < -0.3 is 10.0 Å². The van der Waals surface area contributed by atoms with Crippen LogP contribution in [0.1, 0.15) is 27.0 Å². The predicted molar refractivity (Wildman–Crippen MR) is 136 cm³/mol. The van der Waals surface area contributed by atoms with Crippen LogP contribution in [0.15, 0.2) is 65.4 Å². The van der Waals surface area contributed by atoms with E-state index >= 15 is 0 Å². The van der Waals surface area contributed by atoms with E-state index in [2.05, 4.69) is 94.1 Å². The van der Waals surface area contributed by atoms with Crippen LogP contribution in [0.25, 0.3) is 5.57 Å². The molecule has 0 spiro atoms. The summed E-state index contributed by atoms with van der Waals surface area (Å²) in [5.74, 6) is -0.899. The molecule has 1 N–H and O–H groups in total. The zero-order valence-electron chi connectivity index (χ0n) is 19.9. The summed E-state index contributed by atoms with van der Waals surface area (Å²) in [5, 5.41) is 12.4. The van der Waals surface area contributed by atoms with Crippen molar-refractivity contribution in [2.75, 3.05) is 33.1 Å². The quantitative estimate of drug-likeness (QED) is 0.570. The van der Waals surface area contributed by atoms with Crippen LogP contribution in [0.5, 0.6) is 0 Å². The van der Waals surface area contributed by atoms with Gasteiger partial charge in [0, 0.05) is 31.9 Å². The van der Waals surface area contributed by atoms with Crippen LogP contribution in [-0.2, 0) is 0 Å². The SMILES string of the molecule is Cc1ccc(C(=O)O)cc1C1=C2C=CC(=[N+](C)C)C=C2[Si](C)(C)c2cc(N(C)C)ccc21. The van der Waals surface area contributed by atoms with Gasteiger partial charge in [0.05, 0.1) is 5.56 Å². The summed E-state index contributed by atoms with van der Waals surface area (Å²) >= 11 is 0. The molecule has 0 radical (unpaired) electrons. The van der Waals surface area contributed by atoms with Crippen molar-refractivity contribution in [3.05, 3.63) is 87.6 Å². The number of benzene rings is 2. The summed E-state index contributed by atoms with van der Waals surface area (Å²) in [4.78, 5) is 13.9. The van der Waals surface area contributed by atoms with Gasteiger partial charge in [-0.05, 0) is 75.5 Å². The maximum Gasteiger partial charge on any atom is 0.335 e. The predicted octanol–water partition coefficient (Wildman–Crippen LogP) is 4.24. The Morgan fingerprint density at radius 3 is 2.34 bits per heavy atom. The first-order valence-corrected chi connectivity index (χ1v) is 13.9. The van der Waals surface area contributed by atoms with Crippen molar-refractivity contribution in [1.29, 1.82) is 0 Å². The minimum Gasteiger partial charge on any atom is -0.478 e. The van der Waals surface area contributed by atoms with E-state index in [4.69, 9.17) is 0 Å². The topological polar surface area (TPSA) is 43.5 Å². The Kier molecular flexibility index (Phi) is 5.33. The first kappa shape index (κ1) is 22.0. The second-order valence-corrected chi connectivity index (χ2v) is 13.9. The Balaban J connectivity index is 2.12. The molecule has 4 rings (SSSR count). The van der Waals surface area contributed by atoms with E-state index < -0.39 is 14.0 Å². The molecule has 0 saturated heterocycles. The molecular weight excluding hydrogens is 412 g/mol. The van der Waals surface area contributed by atoms with Gasteiger partial charge in [0.1, 0.15) is 22.2 Å². The van der Waals surface area contributed by atoms with E-state index in [0.29, 0.717) is 5.56 Å². The van der Waals surface area contributed by atoms with E-state index in [1.54, 1.807) is 6.07 Å². The van der Waals surface area contributed by atoms with Crippen molar-refractivity contribution in [2.24, 2.45) is 0 Å². The number of fused-ring (bicyclic) bond motifs is 2. The van der Waals surface area contributed by atoms with Crippen molar-refractivity contribution in [3.63, 3.8) is 0 Å². The van der Waals surface area contributed by atoms with Crippen LogP contribution in [0.3, 0.4) is 0 Å². The van der Waals surface area contributed by atoms with Gasteiger partial charge in [0.2, 0.25) is 0 Å². The molecule has 2 aromatic rings. The molecule has 0 saturated carbocycles. The number of hydrogen-bond acceptors (Lipinski definition) is 2. The number of hydrogen-bond donors (Lipinski definition) is 1. The largest absolute Gasteiger partial charge is 0.478 e. The summed E-state index contributed by atoms with van der Waals surface area (Å²) in [6.45, 7) is 6.90. The van der Waals surface area contributed by atoms with E-state index in [1.807, 2.05) is 12.1 Å². The monoisotopic (exact) mass is 443 g/mol. The second-order valence-electron chi connectivity index (χ2n) is 9.58. The number of carboxylic acids is 1. The molecule has 2 aromatic carbocycles. The van der Waals surface area contributed by atoms with Crippen molar-refractivity contribution in [3.8, 4) is 0 Å². The molecule has 2 aliphatic rings. The highest BCUT2D eigenvalue weighted by molar-refractivity contribution is 6.98. The number of aromatic carboxylic acids is 1. The zero-order valence-corrected chi connectivity index (χ0v) is 20.9. The van der Waals surface area contributed by atoms with Crippen LogP contribution in [-0.4, -0.2) is 57.6 Å². The second kappa shape index (κ2) is 7.75. The number of allylic oxidation sites excluding steroid dienone is 5. The molecule has 1 heterocycles. The van der Waals surface area contributed by atoms with Crippen LogP contribution in [0.2, 0.25) is 13.1 Å². The Labute approximate surface area is 191 Å². The first-order valence-electron chi connectivity index (χ1n) is 10.9. The first-order chi connectivity index (χ1) is 15.0. The highest BCUT2D eigenvalue weighted by Crippen LogP contribution is 2.42. The molecule has 1 aliphatic heterocycles. The summed E-state index contributed by atoms with van der Waals surface area (Å²) in [6.07, 6.45) is 6.73. The zero-order chi connectivity index (χ0) is 23.4. The molecule has 0 bridgehead atoms. The molecule has 5 heteroatoms. The van der Waals surface area contributed by atoms with Crippen molar-refractivity contribution >= 4 is 36.2 Å². The van der Waals surface area contributed by atoms with Gasteiger partial charge in [-0.2, -0.15) is 0 Å². The Morgan fingerprint density at radius 1 is 1.00 bits per heavy atom. The number of anilines is 1. The Morgan fingerprint density at radius 2 is 1.72 bits per heavy atom. The van der Waals surface area contributed by atoms with Crippen LogP contribution >= 0.6 is 0 Å². The van der Waals surface area contributed by atoms with E-state index in [0.717, 1.165) is 16.7 Å². The molecular formula is C27H31N2O2Si+. The highest BCUT2D eigenvalue weighted by Gasteiger charge is 2.40. The smallest absolute Gasteiger partial charge is 0.335 e. The summed E-state index contributed by atoms with van der Waals surface area (Å²) < 4.78 is 2.15. The lowest BCUT2D eigenvalue weighted by Gasteiger charge is -2.38. The molecule has 164 valence electrons. The fourth-order valence-electron chi connectivity index (χ4n) is 4.70. The maximum absolute atomic E-state index is 11.8. The minimum atomic E-state index is -2.00. The third-order valence-electron chi connectivity index (χ3n) is 6.68. The summed E-state index contributed by atoms with van der Waals surface area (Å²) in [7, 11) is 6.28. The number of nitrogens with zero attached hydrogens (tertiary/aromatic N) is 2. The Bertz CT molecular complexity index is 1270. The number of rotatable bonds is 3. The third-order valence-corrected chi connectivity index (χ3v) is 10.2. The normalized spacial score (nSPS) is 16.3. The van der Waals surface area contributed by atoms with Gasteiger partial charge >= 0.3 is 5.97 Å². The number of carbonyl (C=O) groups is 1. The van der Waals surface area contributed by atoms with Crippen molar-refractivity contribution in [1.82, 2.24) is 0 Å². The molecule has 0 aromatic heterocycles. The molecule has 0 atom stereocenters. The van der Waals surface area contributed by atoms with Gasteiger partial charge in [0.15, 0.2) is 5.71 Å².